The number of nitriles is 1. The molecule has 98 valence electrons. The van der Waals surface area contributed by atoms with Gasteiger partial charge in [-0.15, -0.1) is 0 Å². The Hall–Kier alpha value is -2.80. The number of anilines is 1. The lowest BCUT2D eigenvalue weighted by Gasteiger charge is -2.14. The molecule has 0 spiro atoms. The average Bonchev–Trinajstić information content (AvgIpc) is 2.94. The summed E-state index contributed by atoms with van der Waals surface area (Å²) in [5.74, 6) is 0. The van der Waals surface area contributed by atoms with Crippen LogP contribution in [0.3, 0.4) is 0 Å². The molecule has 1 aliphatic heterocycles. The molecule has 2 aromatic carbocycles. The predicted molar refractivity (Wildman–Crippen MR) is 77.3 cm³/mol. The van der Waals surface area contributed by atoms with Crippen LogP contribution in [0.5, 0.6) is 0 Å². The minimum absolute atomic E-state index is 0.0453. The fourth-order valence-electron chi connectivity index (χ4n) is 2.29. The lowest BCUT2D eigenvalue weighted by Crippen LogP contribution is -2.27. The first-order chi connectivity index (χ1) is 9.78. The topological polar surface area (TPSA) is 56.1 Å². The molecular formula is C16H13N3O. The van der Waals surface area contributed by atoms with Gasteiger partial charge in [-0.05, 0) is 35.4 Å². The van der Waals surface area contributed by atoms with Crippen molar-refractivity contribution in [1.82, 2.24) is 5.32 Å². The van der Waals surface area contributed by atoms with Crippen LogP contribution in [0.2, 0.25) is 0 Å². The van der Waals surface area contributed by atoms with E-state index < -0.39 is 0 Å². The minimum atomic E-state index is -0.0453. The van der Waals surface area contributed by atoms with E-state index in [1.54, 1.807) is 17.0 Å². The number of amides is 2. The van der Waals surface area contributed by atoms with Crippen LogP contribution in [0, 0.1) is 11.3 Å². The van der Waals surface area contributed by atoms with E-state index in [1.807, 2.05) is 36.4 Å². The monoisotopic (exact) mass is 263 g/mol. The van der Waals surface area contributed by atoms with Crippen molar-refractivity contribution in [2.45, 2.75) is 0 Å². The summed E-state index contributed by atoms with van der Waals surface area (Å²) in [4.78, 5) is 13.3. The quantitative estimate of drug-likeness (QED) is 0.905. The number of carbonyl (C=O) groups is 1. The largest absolute Gasteiger partial charge is 0.336 e. The molecule has 0 atom stereocenters. The van der Waals surface area contributed by atoms with Crippen LogP contribution in [0.1, 0.15) is 5.56 Å². The van der Waals surface area contributed by atoms with Crippen LogP contribution in [0.15, 0.2) is 48.5 Å². The van der Waals surface area contributed by atoms with Gasteiger partial charge in [0.15, 0.2) is 0 Å². The van der Waals surface area contributed by atoms with Crippen LogP contribution < -0.4 is 10.2 Å². The Balaban J connectivity index is 1.85. The van der Waals surface area contributed by atoms with Gasteiger partial charge >= 0.3 is 6.03 Å². The van der Waals surface area contributed by atoms with Crippen molar-refractivity contribution < 1.29 is 4.79 Å². The number of hydrogen-bond donors (Lipinski definition) is 1. The zero-order chi connectivity index (χ0) is 13.9. The second kappa shape index (κ2) is 5.06. The molecule has 20 heavy (non-hydrogen) atoms. The third-order valence-electron chi connectivity index (χ3n) is 3.38. The summed E-state index contributed by atoms with van der Waals surface area (Å²) in [6, 6.07) is 17.4. The molecule has 3 rings (SSSR count). The van der Waals surface area contributed by atoms with E-state index in [-0.39, 0.29) is 6.03 Å². The number of nitrogens with one attached hydrogen (secondary N) is 1. The summed E-state index contributed by atoms with van der Waals surface area (Å²) in [6.45, 7) is 1.39. The Kier molecular flexibility index (Phi) is 3.10. The molecular weight excluding hydrogens is 250 g/mol. The number of urea groups is 1. The van der Waals surface area contributed by atoms with Gasteiger partial charge in [0.25, 0.3) is 0 Å². The first-order valence-electron chi connectivity index (χ1n) is 6.44. The van der Waals surface area contributed by atoms with Gasteiger partial charge < -0.3 is 5.32 Å². The first-order valence-corrected chi connectivity index (χ1v) is 6.44. The molecule has 1 heterocycles. The van der Waals surface area contributed by atoms with Gasteiger partial charge in [0, 0.05) is 18.8 Å². The maximum absolute atomic E-state index is 11.6. The van der Waals surface area contributed by atoms with Crippen molar-refractivity contribution in [3.05, 3.63) is 54.1 Å². The van der Waals surface area contributed by atoms with Gasteiger partial charge in [0.05, 0.1) is 11.6 Å². The second-order valence-electron chi connectivity index (χ2n) is 4.62. The van der Waals surface area contributed by atoms with E-state index in [0.29, 0.717) is 18.7 Å². The molecule has 0 radical (unpaired) electrons. The molecule has 1 fully saturated rings. The second-order valence-corrected chi connectivity index (χ2v) is 4.62. The van der Waals surface area contributed by atoms with Crippen LogP contribution in [0.4, 0.5) is 10.5 Å². The summed E-state index contributed by atoms with van der Waals surface area (Å²) in [5.41, 5.74) is 3.68. The molecule has 1 aliphatic rings. The average molecular weight is 263 g/mol. The van der Waals surface area contributed by atoms with Gasteiger partial charge in [-0.1, -0.05) is 24.3 Å². The third-order valence-corrected chi connectivity index (χ3v) is 3.38. The summed E-state index contributed by atoms with van der Waals surface area (Å²) in [7, 11) is 0. The molecule has 2 amide bonds. The maximum Gasteiger partial charge on any atom is 0.321 e. The Morgan fingerprint density at radius 1 is 1.00 bits per heavy atom. The highest BCUT2D eigenvalue weighted by Crippen LogP contribution is 2.24. The standard InChI is InChI=1S/C16H13N3O/c17-11-12-1-3-13(4-2-12)14-5-7-15(8-6-14)19-10-9-18-16(19)20/h1-8H,9-10H2,(H,18,20). The maximum atomic E-state index is 11.6. The fraction of sp³-hybridized carbons (Fsp3) is 0.125. The van der Waals surface area contributed by atoms with E-state index >= 15 is 0 Å². The molecule has 4 nitrogen and oxygen atoms in total. The van der Waals surface area contributed by atoms with Crippen molar-refractivity contribution >= 4 is 11.7 Å². The lowest BCUT2D eigenvalue weighted by molar-refractivity contribution is 0.252. The number of rotatable bonds is 2. The normalized spacial score (nSPS) is 13.9. The van der Waals surface area contributed by atoms with Gasteiger partial charge in [-0.25, -0.2) is 4.79 Å². The SMILES string of the molecule is N#Cc1ccc(-c2ccc(N3CCNC3=O)cc2)cc1. The molecule has 0 saturated carbocycles. The Bertz CT molecular complexity index is 668. The van der Waals surface area contributed by atoms with Crippen LogP contribution in [0.25, 0.3) is 11.1 Å². The molecule has 2 aromatic rings. The van der Waals surface area contributed by atoms with E-state index in [2.05, 4.69) is 11.4 Å². The minimum Gasteiger partial charge on any atom is -0.336 e. The zero-order valence-corrected chi connectivity index (χ0v) is 10.8. The van der Waals surface area contributed by atoms with Crippen LogP contribution in [-0.4, -0.2) is 19.1 Å². The Labute approximate surface area is 117 Å². The molecule has 0 unspecified atom stereocenters. The lowest BCUT2D eigenvalue weighted by atomic mass is 10.0. The molecule has 0 bridgehead atoms. The summed E-state index contributed by atoms with van der Waals surface area (Å²) < 4.78 is 0. The van der Waals surface area contributed by atoms with E-state index in [9.17, 15) is 4.79 Å². The number of hydrogen-bond acceptors (Lipinski definition) is 2. The summed E-state index contributed by atoms with van der Waals surface area (Å²) in [5, 5.41) is 11.6. The molecule has 0 aromatic heterocycles. The van der Waals surface area contributed by atoms with Crippen molar-refractivity contribution in [3.8, 4) is 17.2 Å². The first kappa shape index (κ1) is 12.2. The third kappa shape index (κ3) is 2.21. The van der Waals surface area contributed by atoms with Gasteiger partial charge in [0.1, 0.15) is 0 Å². The number of nitrogens with zero attached hydrogens (tertiary/aromatic N) is 2. The van der Waals surface area contributed by atoms with E-state index in [4.69, 9.17) is 5.26 Å². The predicted octanol–water partition coefficient (Wildman–Crippen LogP) is 2.75. The van der Waals surface area contributed by atoms with Gasteiger partial charge in [0.2, 0.25) is 0 Å². The number of benzene rings is 2. The highest BCUT2D eigenvalue weighted by Gasteiger charge is 2.20. The van der Waals surface area contributed by atoms with Crippen molar-refractivity contribution in [1.29, 1.82) is 5.26 Å². The highest BCUT2D eigenvalue weighted by molar-refractivity contribution is 5.94. The van der Waals surface area contributed by atoms with Crippen molar-refractivity contribution in [2.75, 3.05) is 18.0 Å². The van der Waals surface area contributed by atoms with Crippen molar-refractivity contribution in [3.63, 3.8) is 0 Å². The zero-order valence-electron chi connectivity index (χ0n) is 10.8. The van der Waals surface area contributed by atoms with E-state index in [1.165, 1.54) is 0 Å². The fourth-order valence-corrected chi connectivity index (χ4v) is 2.29. The molecule has 1 saturated heterocycles. The summed E-state index contributed by atoms with van der Waals surface area (Å²) >= 11 is 0. The van der Waals surface area contributed by atoms with Gasteiger partial charge in [-0.3, -0.25) is 4.90 Å². The Morgan fingerprint density at radius 2 is 1.60 bits per heavy atom. The molecule has 0 aliphatic carbocycles. The van der Waals surface area contributed by atoms with Gasteiger partial charge in [-0.2, -0.15) is 5.26 Å². The molecule has 4 heteroatoms. The summed E-state index contributed by atoms with van der Waals surface area (Å²) in [6.07, 6.45) is 0. The van der Waals surface area contributed by atoms with Crippen molar-refractivity contribution in [2.24, 2.45) is 0 Å². The highest BCUT2D eigenvalue weighted by atomic mass is 16.2. The smallest absolute Gasteiger partial charge is 0.321 e. The van der Waals surface area contributed by atoms with E-state index in [0.717, 1.165) is 16.8 Å². The van der Waals surface area contributed by atoms with Crippen LogP contribution in [-0.2, 0) is 0 Å². The molecule has 1 N–H and O–H groups in total. The Morgan fingerprint density at radius 3 is 2.10 bits per heavy atom. The number of carbonyl (C=O) groups excluding carboxylic acids is 1. The van der Waals surface area contributed by atoms with Crippen LogP contribution >= 0.6 is 0 Å².